The second-order valence-electron chi connectivity index (χ2n) is 23.2. The monoisotopic (exact) mass is 1020 g/mol. The highest BCUT2D eigenvalue weighted by atomic mass is 16.5. The molecule has 0 aromatic carbocycles. The second kappa shape index (κ2) is 62.4. The Morgan fingerprint density at radius 3 is 0.847 bits per heavy atom. The van der Waals surface area contributed by atoms with E-state index in [1.54, 1.807) is 0 Å². The molecule has 0 aliphatic carbocycles. The van der Waals surface area contributed by atoms with Gasteiger partial charge in [0.25, 0.3) is 0 Å². The van der Waals surface area contributed by atoms with Gasteiger partial charge >= 0.3 is 5.97 Å². The number of unbranched alkanes of at least 4 members (excludes halogenated alkanes) is 52. The van der Waals surface area contributed by atoms with Gasteiger partial charge in [0, 0.05) is 12.8 Å². The van der Waals surface area contributed by atoms with Gasteiger partial charge in [-0.25, -0.2) is 0 Å². The molecule has 0 heterocycles. The van der Waals surface area contributed by atoms with Crippen molar-refractivity contribution in [2.24, 2.45) is 0 Å². The van der Waals surface area contributed by atoms with Crippen LogP contribution in [0.1, 0.15) is 386 Å². The maximum absolute atomic E-state index is 12.5. The van der Waals surface area contributed by atoms with Crippen molar-refractivity contribution in [2.75, 3.05) is 13.2 Å². The topological polar surface area (TPSA) is 95.9 Å². The number of ether oxygens (including phenoxy) is 1. The summed E-state index contributed by atoms with van der Waals surface area (Å²) >= 11 is 0. The van der Waals surface area contributed by atoms with Gasteiger partial charge in [0.1, 0.15) is 0 Å². The Morgan fingerprint density at radius 2 is 0.569 bits per heavy atom. The molecular weight excluding hydrogens is 887 g/mol. The van der Waals surface area contributed by atoms with Crippen LogP contribution in [-0.4, -0.2) is 47.4 Å². The molecule has 0 rings (SSSR count). The molecule has 0 aromatic rings. The quantitative estimate of drug-likeness (QED) is 0.0417. The molecule has 0 fully saturated rings. The Morgan fingerprint density at radius 1 is 0.333 bits per heavy atom. The first kappa shape index (κ1) is 70.9. The van der Waals surface area contributed by atoms with Crippen LogP contribution in [0.2, 0.25) is 0 Å². The molecule has 6 heteroatoms. The van der Waals surface area contributed by atoms with Crippen LogP contribution < -0.4 is 5.32 Å². The standard InChI is InChI=1S/C66H131NO5/c1-3-5-7-9-11-13-15-17-19-21-22-23-24-25-26-28-30-34-38-42-46-50-54-58-64(69)63(62-68)67-65(70)59-55-51-47-43-39-35-31-29-33-37-41-45-49-53-57-61-72-66(71)60-56-52-48-44-40-36-32-27-20-18-16-14-12-10-8-6-4-2/h63-64,68-69H,3-62H2,1-2H3,(H,67,70). The van der Waals surface area contributed by atoms with Gasteiger partial charge in [-0.3, -0.25) is 9.59 Å². The molecule has 0 saturated heterocycles. The van der Waals surface area contributed by atoms with E-state index in [-0.39, 0.29) is 18.5 Å². The van der Waals surface area contributed by atoms with Crippen LogP contribution >= 0.6 is 0 Å². The van der Waals surface area contributed by atoms with Gasteiger partial charge in [0.2, 0.25) is 5.91 Å². The van der Waals surface area contributed by atoms with E-state index in [0.717, 1.165) is 44.9 Å². The number of aliphatic hydroxyl groups is 2. The highest BCUT2D eigenvalue weighted by Crippen LogP contribution is 2.19. The summed E-state index contributed by atoms with van der Waals surface area (Å²) in [4.78, 5) is 24.6. The minimum Gasteiger partial charge on any atom is -0.466 e. The lowest BCUT2D eigenvalue weighted by Crippen LogP contribution is -2.45. The lowest BCUT2D eigenvalue weighted by Gasteiger charge is -2.22. The average Bonchev–Trinajstić information content (AvgIpc) is 3.38. The number of hydrogen-bond donors (Lipinski definition) is 3. The molecule has 6 nitrogen and oxygen atoms in total. The summed E-state index contributed by atoms with van der Waals surface area (Å²) in [6, 6.07) is -0.548. The fraction of sp³-hybridized carbons (Fsp3) is 0.970. The lowest BCUT2D eigenvalue weighted by atomic mass is 10.0. The van der Waals surface area contributed by atoms with Crippen molar-refractivity contribution in [3.63, 3.8) is 0 Å². The van der Waals surface area contributed by atoms with Gasteiger partial charge in [-0.15, -0.1) is 0 Å². The van der Waals surface area contributed by atoms with Crippen LogP contribution in [0, 0.1) is 0 Å². The normalized spacial score (nSPS) is 12.4. The van der Waals surface area contributed by atoms with Crippen LogP contribution in [0.25, 0.3) is 0 Å². The van der Waals surface area contributed by atoms with Crippen molar-refractivity contribution in [3.8, 4) is 0 Å². The Hall–Kier alpha value is -1.14. The zero-order valence-corrected chi connectivity index (χ0v) is 49.2. The Balaban J connectivity index is 3.40. The lowest BCUT2D eigenvalue weighted by molar-refractivity contribution is -0.143. The predicted octanol–water partition coefficient (Wildman–Crippen LogP) is 21.0. The fourth-order valence-electron chi connectivity index (χ4n) is 10.8. The van der Waals surface area contributed by atoms with Gasteiger partial charge in [-0.1, -0.05) is 348 Å². The van der Waals surface area contributed by atoms with Crippen molar-refractivity contribution in [1.82, 2.24) is 5.32 Å². The molecule has 3 N–H and O–H groups in total. The molecule has 0 aliphatic rings. The number of carbonyl (C=O) groups excluding carboxylic acids is 2. The highest BCUT2D eigenvalue weighted by Gasteiger charge is 2.20. The highest BCUT2D eigenvalue weighted by molar-refractivity contribution is 5.76. The summed E-state index contributed by atoms with van der Waals surface area (Å²) in [5.41, 5.74) is 0. The second-order valence-corrected chi connectivity index (χ2v) is 23.2. The van der Waals surface area contributed by atoms with Crippen LogP contribution in [0.5, 0.6) is 0 Å². The number of esters is 1. The molecule has 0 bridgehead atoms. The van der Waals surface area contributed by atoms with E-state index in [2.05, 4.69) is 19.2 Å². The van der Waals surface area contributed by atoms with E-state index in [4.69, 9.17) is 4.74 Å². The van der Waals surface area contributed by atoms with Gasteiger partial charge in [0.05, 0.1) is 25.4 Å². The van der Waals surface area contributed by atoms with Crippen molar-refractivity contribution in [1.29, 1.82) is 0 Å². The third kappa shape index (κ3) is 58.1. The molecule has 430 valence electrons. The van der Waals surface area contributed by atoms with Gasteiger partial charge in [0.15, 0.2) is 0 Å². The summed E-state index contributed by atoms with van der Waals surface area (Å²) < 4.78 is 5.50. The van der Waals surface area contributed by atoms with E-state index in [0.29, 0.717) is 25.9 Å². The zero-order chi connectivity index (χ0) is 52.2. The third-order valence-corrected chi connectivity index (χ3v) is 15.9. The summed E-state index contributed by atoms with van der Waals surface area (Å²) in [5, 5.41) is 23.4. The fourth-order valence-corrected chi connectivity index (χ4v) is 10.8. The maximum Gasteiger partial charge on any atom is 0.305 e. The SMILES string of the molecule is CCCCCCCCCCCCCCCCCCCCCCCCCC(O)C(CO)NC(=O)CCCCCCCCCCCCCCCCCOC(=O)CCCCCCCCCCCCCCCCCCC. The summed E-state index contributed by atoms with van der Waals surface area (Å²) in [5.74, 6) is -0.0314. The predicted molar refractivity (Wildman–Crippen MR) is 315 cm³/mol. The molecule has 72 heavy (non-hydrogen) atoms. The first-order valence-corrected chi connectivity index (χ1v) is 33.3. The van der Waals surface area contributed by atoms with Gasteiger partial charge in [-0.2, -0.15) is 0 Å². The third-order valence-electron chi connectivity index (χ3n) is 15.9. The maximum atomic E-state index is 12.5. The van der Waals surface area contributed by atoms with Crippen molar-refractivity contribution in [3.05, 3.63) is 0 Å². The number of carbonyl (C=O) groups is 2. The molecule has 0 radical (unpaired) electrons. The van der Waals surface area contributed by atoms with Crippen LogP contribution in [-0.2, 0) is 14.3 Å². The van der Waals surface area contributed by atoms with Crippen molar-refractivity contribution in [2.45, 2.75) is 398 Å². The first-order valence-electron chi connectivity index (χ1n) is 33.3. The van der Waals surface area contributed by atoms with Crippen LogP contribution in [0.15, 0.2) is 0 Å². The largest absolute Gasteiger partial charge is 0.466 e. The average molecular weight is 1020 g/mol. The van der Waals surface area contributed by atoms with Gasteiger partial charge < -0.3 is 20.3 Å². The summed E-state index contributed by atoms with van der Waals surface area (Å²) in [6.07, 6.45) is 74.1. The Labute approximate surface area is 451 Å². The number of aliphatic hydroxyl groups excluding tert-OH is 2. The minimum atomic E-state index is -0.670. The first-order chi connectivity index (χ1) is 35.5. The number of hydrogen-bond acceptors (Lipinski definition) is 5. The molecule has 0 spiro atoms. The van der Waals surface area contributed by atoms with E-state index in [9.17, 15) is 19.8 Å². The molecular formula is C66H131NO5. The smallest absolute Gasteiger partial charge is 0.305 e. The molecule has 0 aromatic heterocycles. The number of rotatable bonds is 63. The molecule has 0 aliphatic heterocycles. The molecule has 1 amide bonds. The summed E-state index contributed by atoms with van der Waals surface area (Å²) in [6.45, 7) is 4.98. The minimum absolute atomic E-state index is 0.00643. The van der Waals surface area contributed by atoms with Crippen molar-refractivity contribution < 1.29 is 24.5 Å². The Bertz CT molecular complexity index is 1040. The van der Waals surface area contributed by atoms with Crippen molar-refractivity contribution >= 4 is 11.9 Å². The molecule has 2 atom stereocenters. The van der Waals surface area contributed by atoms with E-state index in [1.807, 2.05) is 0 Å². The number of nitrogens with one attached hydrogen (secondary N) is 1. The van der Waals surface area contributed by atoms with E-state index in [1.165, 1.54) is 308 Å². The Kier molecular flexibility index (Phi) is 61.4. The van der Waals surface area contributed by atoms with Crippen LogP contribution in [0.3, 0.4) is 0 Å². The summed E-state index contributed by atoms with van der Waals surface area (Å²) in [7, 11) is 0. The molecule has 0 saturated carbocycles. The van der Waals surface area contributed by atoms with E-state index >= 15 is 0 Å². The van der Waals surface area contributed by atoms with Gasteiger partial charge in [-0.05, 0) is 25.7 Å². The van der Waals surface area contributed by atoms with E-state index < -0.39 is 12.1 Å². The zero-order valence-electron chi connectivity index (χ0n) is 49.2. The number of amides is 1. The molecule has 2 unspecified atom stereocenters. The van der Waals surface area contributed by atoms with Crippen LogP contribution in [0.4, 0.5) is 0 Å².